The van der Waals surface area contributed by atoms with Crippen molar-refractivity contribution in [3.8, 4) is 0 Å². The van der Waals surface area contributed by atoms with Crippen molar-refractivity contribution in [2.24, 2.45) is 10.9 Å². The summed E-state index contributed by atoms with van der Waals surface area (Å²) in [6.45, 7) is 0.427. The van der Waals surface area contributed by atoms with Crippen LogP contribution >= 0.6 is 12.4 Å². The number of benzene rings is 1. The molecular weight excluding hydrogens is 378 g/mol. The van der Waals surface area contributed by atoms with Gasteiger partial charge in [0.2, 0.25) is 20.0 Å². The summed E-state index contributed by atoms with van der Waals surface area (Å²) < 4.78 is 55.1. The maximum atomic E-state index is 12.8. The van der Waals surface area contributed by atoms with Gasteiger partial charge in [0, 0.05) is 26.2 Å². The van der Waals surface area contributed by atoms with Gasteiger partial charge in [-0.05, 0) is 31.0 Å². The average Bonchev–Trinajstić information content (AvgIpc) is 2.53. The molecule has 0 aliphatic carbocycles. The Labute approximate surface area is 148 Å². The number of nitrogens with zero attached hydrogens (tertiary/aromatic N) is 1. The molecule has 4 N–H and O–H groups in total. The molecule has 138 valence electrons. The van der Waals surface area contributed by atoms with Gasteiger partial charge in [-0.25, -0.2) is 22.0 Å². The van der Waals surface area contributed by atoms with Gasteiger partial charge >= 0.3 is 0 Å². The summed E-state index contributed by atoms with van der Waals surface area (Å²) in [4.78, 5) is -0.354. The lowest BCUT2D eigenvalue weighted by atomic mass is 10.0. The number of piperidine rings is 1. The molecule has 1 aromatic rings. The van der Waals surface area contributed by atoms with Gasteiger partial charge in [0.1, 0.15) is 0 Å². The summed E-state index contributed by atoms with van der Waals surface area (Å²) in [5, 5.41) is 5.06. The Morgan fingerprint density at radius 2 is 1.88 bits per heavy atom. The largest absolute Gasteiger partial charge is 0.381 e. The van der Waals surface area contributed by atoms with Crippen molar-refractivity contribution in [2.45, 2.75) is 34.8 Å². The number of nitrogens with two attached hydrogens (primary N) is 2. The van der Waals surface area contributed by atoms with E-state index < -0.39 is 26.1 Å². The standard InChI is InChI=1S/C13H21N3O5S2.ClH/c1-21-11-5-6-16(10(7-11)9-14)23(19,20)13-4-2-3-12(8-13)22(15,17)18;/h2-4,8,10-11H,5-7,9,14H2,1H3,(H2,15,17,18);1H. The van der Waals surface area contributed by atoms with Gasteiger partial charge in [-0.15, -0.1) is 12.4 Å². The van der Waals surface area contributed by atoms with Gasteiger partial charge in [0.15, 0.2) is 0 Å². The van der Waals surface area contributed by atoms with Crippen molar-refractivity contribution in [3.63, 3.8) is 0 Å². The molecule has 0 spiro atoms. The van der Waals surface area contributed by atoms with Crippen LogP contribution < -0.4 is 10.9 Å². The molecule has 1 saturated heterocycles. The minimum absolute atomic E-state index is 0. The highest BCUT2D eigenvalue weighted by Gasteiger charge is 2.36. The van der Waals surface area contributed by atoms with Crippen LogP contribution in [0.15, 0.2) is 34.1 Å². The Balaban J connectivity index is 0.00000288. The smallest absolute Gasteiger partial charge is 0.243 e. The van der Waals surface area contributed by atoms with Gasteiger partial charge in [0.25, 0.3) is 0 Å². The van der Waals surface area contributed by atoms with Crippen LogP contribution in [0.4, 0.5) is 0 Å². The van der Waals surface area contributed by atoms with Gasteiger partial charge in [-0.2, -0.15) is 4.31 Å². The fraction of sp³-hybridized carbons (Fsp3) is 0.538. The number of halogens is 1. The van der Waals surface area contributed by atoms with Crippen molar-refractivity contribution < 1.29 is 21.6 Å². The third-order valence-corrected chi connectivity index (χ3v) is 6.82. The van der Waals surface area contributed by atoms with E-state index in [1.54, 1.807) is 7.11 Å². The monoisotopic (exact) mass is 399 g/mol. The van der Waals surface area contributed by atoms with Gasteiger partial charge in [0.05, 0.1) is 15.9 Å². The summed E-state index contributed by atoms with van der Waals surface area (Å²) in [5.74, 6) is 0. The first-order valence-electron chi connectivity index (χ1n) is 7.07. The molecule has 1 aliphatic rings. The maximum absolute atomic E-state index is 12.8. The second-order valence-corrected chi connectivity index (χ2v) is 8.86. The molecule has 11 heteroatoms. The minimum atomic E-state index is -3.98. The molecule has 0 radical (unpaired) electrons. The van der Waals surface area contributed by atoms with Gasteiger partial charge < -0.3 is 10.5 Å². The van der Waals surface area contributed by atoms with Crippen LogP contribution in [0.1, 0.15) is 12.8 Å². The van der Waals surface area contributed by atoms with E-state index in [4.69, 9.17) is 15.6 Å². The molecule has 2 atom stereocenters. The van der Waals surface area contributed by atoms with Crippen LogP contribution in [0.5, 0.6) is 0 Å². The van der Waals surface area contributed by atoms with Crippen LogP contribution in [-0.2, 0) is 24.8 Å². The van der Waals surface area contributed by atoms with E-state index in [1.807, 2.05) is 0 Å². The Morgan fingerprint density at radius 1 is 1.25 bits per heavy atom. The summed E-state index contributed by atoms with van der Waals surface area (Å²) >= 11 is 0. The predicted molar refractivity (Wildman–Crippen MR) is 91.8 cm³/mol. The van der Waals surface area contributed by atoms with E-state index in [0.717, 1.165) is 6.07 Å². The normalized spacial score (nSPS) is 22.8. The van der Waals surface area contributed by atoms with Crippen LogP contribution in [-0.4, -0.2) is 53.5 Å². The molecule has 1 aromatic carbocycles. The summed E-state index contributed by atoms with van der Waals surface area (Å²) in [5.41, 5.74) is 5.71. The highest BCUT2D eigenvalue weighted by atomic mass is 35.5. The molecule has 0 saturated carbocycles. The van der Waals surface area contributed by atoms with Crippen molar-refractivity contribution in [1.29, 1.82) is 0 Å². The van der Waals surface area contributed by atoms with Crippen molar-refractivity contribution in [2.75, 3.05) is 20.2 Å². The highest BCUT2D eigenvalue weighted by Crippen LogP contribution is 2.27. The van der Waals surface area contributed by atoms with Gasteiger partial charge in [-0.3, -0.25) is 0 Å². The van der Waals surface area contributed by atoms with Crippen molar-refractivity contribution >= 4 is 32.5 Å². The molecule has 1 fully saturated rings. The molecule has 0 bridgehead atoms. The average molecular weight is 400 g/mol. The lowest BCUT2D eigenvalue weighted by Crippen LogP contribution is -2.51. The van der Waals surface area contributed by atoms with E-state index in [2.05, 4.69) is 0 Å². The molecule has 1 aliphatic heterocycles. The van der Waals surface area contributed by atoms with E-state index in [-0.39, 0.29) is 41.4 Å². The molecule has 2 unspecified atom stereocenters. The predicted octanol–water partition coefficient (Wildman–Crippen LogP) is -0.117. The number of sulfonamides is 2. The van der Waals surface area contributed by atoms with E-state index in [0.29, 0.717) is 12.8 Å². The van der Waals surface area contributed by atoms with E-state index in [1.165, 1.54) is 22.5 Å². The van der Waals surface area contributed by atoms with Crippen LogP contribution in [0.2, 0.25) is 0 Å². The van der Waals surface area contributed by atoms with Gasteiger partial charge in [-0.1, -0.05) is 6.07 Å². The number of hydrogen-bond acceptors (Lipinski definition) is 6. The molecule has 24 heavy (non-hydrogen) atoms. The summed E-state index contributed by atoms with van der Waals surface area (Å²) in [7, 11) is -6.25. The zero-order chi connectivity index (χ0) is 17.3. The van der Waals surface area contributed by atoms with E-state index in [9.17, 15) is 16.8 Å². The number of rotatable bonds is 5. The van der Waals surface area contributed by atoms with Crippen molar-refractivity contribution in [3.05, 3.63) is 24.3 Å². The summed E-state index contributed by atoms with van der Waals surface area (Å²) in [6.07, 6.45) is 1.02. The highest BCUT2D eigenvalue weighted by molar-refractivity contribution is 7.90. The molecule has 2 rings (SSSR count). The first-order chi connectivity index (χ1) is 10.7. The first-order valence-corrected chi connectivity index (χ1v) is 10.1. The topological polar surface area (TPSA) is 133 Å². The Hall–Kier alpha value is -0.750. The fourth-order valence-electron chi connectivity index (χ4n) is 2.68. The number of hydrogen-bond donors (Lipinski definition) is 2. The zero-order valence-electron chi connectivity index (χ0n) is 13.2. The van der Waals surface area contributed by atoms with Crippen LogP contribution in [0.3, 0.4) is 0 Å². The lowest BCUT2D eigenvalue weighted by Gasteiger charge is -2.37. The molecule has 0 amide bonds. The Morgan fingerprint density at radius 3 is 2.42 bits per heavy atom. The number of ether oxygens (including phenoxy) is 1. The minimum Gasteiger partial charge on any atom is -0.381 e. The third kappa shape index (κ3) is 4.45. The molecule has 0 aromatic heterocycles. The Bertz CT molecular complexity index is 770. The fourth-order valence-corrected chi connectivity index (χ4v) is 5.03. The first kappa shape index (κ1) is 21.3. The van der Waals surface area contributed by atoms with Crippen LogP contribution in [0, 0.1) is 0 Å². The third-order valence-electron chi connectivity index (χ3n) is 3.96. The molecule has 8 nitrogen and oxygen atoms in total. The maximum Gasteiger partial charge on any atom is 0.243 e. The SMILES string of the molecule is COC1CCN(S(=O)(=O)c2cccc(S(N)(=O)=O)c2)C(CN)C1.Cl. The van der Waals surface area contributed by atoms with E-state index >= 15 is 0 Å². The lowest BCUT2D eigenvalue weighted by molar-refractivity contribution is 0.0401. The molecular formula is C13H22ClN3O5S2. The second-order valence-electron chi connectivity index (χ2n) is 5.41. The number of methoxy groups -OCH3 is 1. The summed E-state index contributed by atoms with van der Waals surface area (Å²) in [6, 6.07) is 4.63. The van der Waals surface area contributed by atoms with Crippen LogP contribution in [0.25, 0.3) is 0 Å². The zero-order valence-corrected chi connectivity index (χ0v) is 15.6. The Kier molecular flexibility index (Phi) is 7.17. The number of primary sulfonamides is 1. The quantitative estimate of drug-likeness (QED) is 0.709. The van der Waals surface area contributed by atoms with Crippen molar-refractivity contribution in [1.82, 2.24) is 4.31 Å². The molecule has 1 heterocycles. The second kappa shape index (κ2) is 8.09.